The van der Waals surface area contributed by atoms with Crippen LogP contribution in [-0.4, -0.2) is 38.7 Å². The third-order valence-electron chi connectivity index (χ3n) is 4.95. The molecule has 1 saturated carbocycles. The van der Waals surface area contributed by atoms with Crippen molar-refractivity contribution in [2.75, 3.05) is 28.3 Å². The van der Waals surface area contributed by atoms with Gasteiger partial charge in [-0.1, -0.05) is 25.3 Å². The number of nitrogens with zero attached hydrogens (tertiary/aromatic N) is 1. The predicted molar refractivity (Wildman–Crippen MR) is 84.3 cm³/mol. The smallest absolute Gasteiger partial charge is 0.131 e. The molecular weight excluding hydrogens is 267 g/mol. The Labute approximate surface area is 127 Å². The number of methoxy groups -OCH3 is 1. The van der Waals surface area contributed by atoms with Gasteiger partial charge in [-0.3, -0.25) is 0 Å². The Kier molecular flexibility index (Phi) is 5.22. The molecule has 4 heteroatoms. The van der Waals surface area contributed by atoms with E-state index in [-0.39, 0.29) is 17.4 Å². The average Bonchev–Trinajstić information content (AvgIpc) is 2.50. The molecule has 0 aliphatic heterocycles. The van der Waals surface area contributed by atoms with E-state index in [1.54, 1.807) is 7.11 Å². The highest BCUT2D eigenvalue weighted by Crippen LogP contribution is 2.42. The van der Waals surface area contributed by atoms with Crippen molar-refractivity contribution in [2.24, 2.45) is 0 Å². The summed E-state index contributed by atoms with van der Waals surface area (Å²) < 4.78 is 19.6. The first-order valence-electron chi connectivity index (χ1n) is 7.73. The van der Waals surface area contributed by atoms with Gasteiger partial charge >= 0.3 is 0 Å². The van der Waals surface area contributed by atoms with E-state index >= 15 is 0 Å². The van der Waals surface area contributed by atoms with E-state index in [0.29, 0.717) is 5.75 Å². The number of likely N-dealkylation sites (N-methyl/N-ethyl adjacent to an activating group) is 2. The summed E-state index contributed by atoms with van der Waals surface area (Å²) in [5.41, 5.74) is 0.705. The summed E-state index contributed by atoms with van der Waals surface area (Å²) >= 11 is 0. The lowest BCUT2D eigenvalue weighted by Crippen LogP contribution is -2.54. The number of rotatable bonds is 5. The SMILES string of the molecule is CNC(c1ccc(OC)cc1F)C1(N(C)C)CCCCC1. The molecule has 0 radical (unpaired) electrons. The van der Waals surface area contributed by atoms with Gasteiger partial charge in [0.2, 0.25) is 0 Å². The van der Waals surface area contributed by atoms with Gasteiger partial charge in [0.15, 0.2) is 0 Å². The van der Waals surface area contributed by atoms with Crippen LogP contribution >= 0.6 is 0 Å². The molecule has 0 aromatic heterocycles. The molecule has 0 bridgehead atoms. The predicted octanol–water partition coefficient (Wildman–Crippen LogP) is 3.36. The van der Waals surface area contributed by atoms with Crippen LogP contribution in [-0.2, 0) is 0 Å². The van der Waals surface area contributed by atoms with E-state index in [2.05, 4.69) is 24.3 Å². The van der Waals surface area contributed by atoms with Crippen LogP contribution < -0.4 is 10.1 Å². The van der Waals surface area contributed by atoms with Gasteiger partial charge < -0.3 is 15.0 Å². The first-order valence-corrected chi connectivity index (χ1v) is 7.73. The zero-order chi connectivity index (χ0) is 15.5. The molecular formula is C17H27FN2O. The number of halogens is 1. The normalized spacial score (nSPS) is 19.5. The number of hydrogen-bond donors (Lipinski definition) is 1. The maximum Gasteiger partial charge on any atom is 0.131 e. The van der Waals surface area contributed by atoms with Crippen LogP contribution in [0.4, 0.5) is 4.39 Å². The third-order valence-corrected chi connectivity index (χ3v) is 4.95. The molecule has 0 amide bonds. The Bertz CT molecular complexity index is 470. The maximum atomic E-state index is 14.5. The molecule has 3 nitrogen and oxygen atoms in total. The Morgan fingerprint density at radius 3 is 2.38 bits per heavy atom. The van der Waals surface area contributed by atoms with Crippen molar-refractivity contribution in [1.82, 2.24) is 10.2 Å². The van der Waals surface area contributed by atoms with Crippen molar-refractivity contribution in [2.45, 2.75) is 43.7 Å². The van der Waals surface area contributed by atoms with Crippen LogP contribution in [0.15, 0.2) is 18.2 Å². The highest BCUT2D eigenvalue weighted by Gasteiger charge is 2.42. The number of hydrogen-bond acceptors (Lipinski definition) is 3. The lowest BCUT2D eigenvalue weighted by molar-refractivity contribution is 0.0580. The first-order chi connectivity index (χ1) is 10.0. The van der Waals surface area contributed by atoms with Crippen LogP contribution in [0.1, 0.15) is 43.7 Å². The zero-order valence-corrected chi connectivity index (χ0v) is 13.6. The summed E-state index contributed by atoms with van der Waals surface area (Å²) in [5.74, 6) is 0.370. The van der Waals surface area contributed by atoms with Crippen molar-refractivity contribution in [3.63, 3.8) is 0 Å². The summed E-state index contributed by atoms with van der Waals surface area (Å²) in [6.45, 7) is 0. The molecule has 0 heterocycles. The summed E-state index contributed by atoms with van der Waals surface area (Å²) in [5, 5.41) is 3.37. The molecule has 1 fully saturated rings. The van der Waals surface area contributed by atoms with E-state index in [0.717, 1.165) is 18.4 Å². The molecule has 1 aromatic carbocycles. The molecule has 1 aromatic rings. The largest absolute Gasteiger partial charge is 0.497 e. The minimum absolute atomic E-state index is 0.0151. The molecule has 1 aliphatic carbocycles. The van der Waals surface area contributed by atoms with E-state index in [4.69, 9.17) is 4.74 Å². The fraction of sp³-hybridized carbons (Fsp3) is 0.647. The molecule has 0 saturated heterocycles. The monoisotopic (exact) mass is 294 g/mol. The summed E-state index contributed by atoms with van der Waals surface area (Å²) in [6.07, 6.45) is 5.87. The standard InChI is InChI=1S/C17H27FN2O/c1-19-16(14-9-8-13(21-4)12-15(14)18)17(20(2)3)10-6-5-7-11-17/h8-9,12,16,19H,5-7,10-11H2,1-4H3. The molecule has 1 aliphatic rings. The Balaban J connectivity index is 2.41. The lowest BCUT2D eigenvalue weighted by Gasteiger charge is -2.48. The first kappa shape index (κ1) is 16.2. The van der Waals surface area contributed by atoms with Crippen LogP contribution in [0.3, 0.4) is 0 Å². The highest BCUT2D eigenvalue weighted by atomic mass is 19.1. The van der Waals surface area contributed by atoms with Gasteiger partial charge in [0.1, 0.15) is 11.6 Å². The Morgan fingerprint density at radius 2 is 1.90 bits per heavy atom. The minimum atomic E-state index is -0.194. The van der Waals surface area contributed by atoms with Crippen LogP contribution in [0.25, 0.3) is 0 Å². The average molecular weight is 294 g/mol. The molecule has 21 heavy (non-hydrogen) atoms. The summed E-state index contributed by atoms with van der Waals surface area (Å²) in [6, 6.07) is 5.16. The fourth-order valence-corrected chi connectivity index (χ4v) is 3.74. The lowest BCUT2D eigenvalue weighted by atomic mass is 9.73. The zero-order valence-electron chi connectivity index (χ0n) is 13.6. The topological polar surface area (TPSA) is 24.5 Å². The fourth-order valence-electron chi connectivity index (χ4n) is 3.74. The number of benzene rings is 1. The van der Waals surface area contributed by atoms with Gasteiger partial charge in [-0.2, -0.15) is 0 Å². The van der Waals surface area contributed by atoms with E-state index < -0.39 is 0 Å². The Morgan fingerprint density at radius 1 is 1.24 bits per heavy atom. The second-order valence-electron chi connectivity index (χ2n) is 6.17. The molecule has 1 atom stereocenters. The van der Waals surface area contributed by atoms with Gasteiger partial charge in [0.25, 0.3) is 0 Å². The molecule has 2 rings (SSSR count). The summed E-state index contributed by atoms with van der Waals surface area (Å²) in [7, 11) is 7.70. The van der Waals surface area contributed by atoms with E-state index in [1.807, 2.05) is 19.2 Å². The molecule has 1 N–H and O–H groups in total. The quantitative estimate of drug-likeness (QED) is 0.901. The maximum absolute atomic E-state index is 14.5. The van der Waals surface area contributed by atoms with Crippen LogP contribution in [0.5, 0.6) is 5.75 Å². The minimum Gasteiger partial charge on any atom is -0.497 e. The van der Waals surface area contributed by atoms with Gasteiger partial charge in [0.05, 0.1) is 13.2 Å². The van der Waals surface area contributed by atoms with Crippen molar-refractivity contribution < 1.29 is 9.13 Å². The second kappa shape index (κ2) is 6.75. The van der Waals surface area contributed by atoms with E-state index in [9.17, 15) is 4.39 Å². The van der Waals surface area contributed by atoms with E-state index in [1.165, 1.54) is 25.3 Å². The number of ether oxygens (including phenoxy) is 1. The van der Waals surface area contributed by atoms with Crippen molar-refractivity contribution in [1.29, 1.82) is 0 Å². The highest BCUT2D eigenvalue weighted by molar-refractivity contribution is 5.33. The number of nitrogens with one attached hydrogen (secondary N) is 1. The molecule has 1 unspecified atom stereocenters. The Hall–Kier alpha value is -1.13. The molecule has 118 valence electrons. The van der Waals surface area contributed by atoms with Gasteiger partial charge in [-0.05, 0) is 40.1 Å². The van der Waals surface area contributed by atoms with Gasteiger partial charge in [-0.25, -0.2) is 4.39 Å². The van der Waals surface area contributed by atoms with Crippen molar-refractivity contribution in [3.8, 4) is 5.75 Å². The van der Waals surface area contributed by atoms with Crippen molar-refractivity contribution in [3.05, 3.63) is 29.6 Å². The van der Waals surface area contributed by atoms with Crippen molar-refractivity contribution >= 4 is 0 Å². The van der Waals surface area contributed by atoms with Gasteiger partial charge in [0, 0.05) is 17.2 Å². The molecule has 0 spiro atoms. The second-order valence-corrected chi connectivity index (χ2v) is 6.17. The van der Waals surface area contributed by atoms with Crippen LogP contribution in [0.2, 0.25) is 0 Å². The third kappa shape index (κ3) is 3.06. The van der Waals surface area contributed by atoms with Gasteiger partial charge in [-0.15, -0.1) is 0 Å². The van der Waals surface area contributed by atoms with Crippen LogP contribution in [0, 0.1) is 5.82 Å². The summed E-state index contributed by atoms with van der Waals surface area (Å²) in [4.78, 5) is 2.27.